The van der Waals surface area contributed by atoms with Crippen molar-refractivity contribution < 1.29 is 14.7 Å². The van der Waals surface area contributed by atoms with Crippen LogP contribution in [-0.4, -0.2) is 34.5 Å². The summed E-state index contributed by atoms with van der Waals surface area (Å²) in [5.74, 6) is -1.27. The van der Waals surface area contributed by atoms with Crippen LogP contribution in [0, 0.1) is 0 Å². The molecule has 1 aromatic rings. The SMILES string of the molecule is Nc1cc(C(=O)N2CCCCC2C(=O)O)ccc1Cl. The lowest BCUT2D eigenvalue weighted by Gasteiger charge is -2.33. The summed E-state index contributed by atoms with van der Waals surface area (Å²) < 4.78 is 0. The van der Waals surface area contributed by atoms with Gasteiger partial charge in [-0.05, 0) is 37.5 Å². The number of anilines is 1. The van der Waals surface area contributed by atoms with Gasteiger partial charge in [-0.25, -0.2) is 4.79 Å². The number of hydrogen-bond acceptors (Lipinski definition) is 3. The van der Waals surface area contributed by atoms with Crippen molar-refractivity contribution in [3.8, 4) is 0 Å². The van der Waals surface area contributed by atoms with Gasteiger partial charge in [0.25, 0.3) is 5.91 Å². The van der Waals surface area contributed by atoms with Crippen LogP contribution >= 0.6 is 11.6 Å². The molecule has 0 aromatic heterocycles. The zero-order chi connectivity index (χ0) is 14.0. The quantitative estimate of drug-likeness (QED) is 0.813. The molecule has 1 fully saturated rings. The minimum atomic E-state index is -0.963. The van der Waals surface area contributed by atoms with Gasteiger partial charge in [0.15, 0.2) is 0 Å². The van der Waals surface area contributed by atoms with Gasteiger partial charge in [0.2, 0.25) is 0 Å². The molecule has 19 heavy (non-hydrogen) atoms. The Balaban J connectivity index is 2.26. The Morgan fingerprint density at radius 1 is 1.37 bits per heavy atom. The van der Waals surface area contributed by atoms with Crippen LogP contribution in [0.25, 0.3) is 0 Å². The highest BCUT2D eigenvalue weighted by molar-refractivity contribution is 6.33. The monoisotopic (exact) mass is 282 g/mol. The average Bonchev–Trinajstić information content (AvgIpc) is 2.41. The van der Waals surface area contributed by atoms with Gasteiger partial charge in [-0.1, -0.05) is 11.6 Å². The van der Waals surface area contributed by atoms with E-state index in [1.54, 1.807) is 12.1 Å². The summed E-state index contributed by atoms with van der Waals surface area (Å²) in [6.07, 6.45) is 2.13. The third-order valence-corrected chi connectivity index (χ3v) is 3.64. The number of carboxylic acids is 1. The molecule has 0 radical (unpaired) electrons. The highest BCUT2D eigenvalue weighted by Crippen LogP contribution is 2.23. The third-order valence-electron chi connectivity index (χ3n) is 3.29. The van der Waals surface area contributed by atoms with Gasteiger partial charge in [-0.3, -0.25) is 4.79 Å². The van der Waals surface area contributed by atoms with Crippen molar-refractivity contribution in [2.75, 3.05) is 12.3 Å². The van der Waals surface area contributed by atoms with Crippen molar-refractivity contribution in [1.82, 2.24) is 4.90 Å². The lowest BCUT2D eigenvalue weighted by Crippen LogP contribution is -2.48. The van der Waals surface area contributed by atoms with Crippen LogP contribution in [0.3, 0.4) is 0 Å². The number of hydrogen-bond donors (Lipinski definition) is 2. The van der Waals surface area contributed by atoms with Crippen molar-refractivity contribution >= 4 is 29.2 Å². The molecule has 1 unspecified atom stereocenters. The van der Waals surface area contributed by atoms with Crippen LogP contribution in [0.5, 0.6) is 0 Å². The fraction of sp³-hybridized carbons (Fsp3) is 0.385. The minimum absolute atomic E-state index is 0.310. The molecule has 6 heteroatoms. The van der Waals surface area contributed by atoms with Crippen LogP contribution in [0.15, 0.2) is 18.2 Å². The summed E-state index contributed by atoms with van der Waals surface area (Å²) in [4.78, 5) is 24.9. The molecule has 1 amide bonds. The van der Waals surface area contributed by atoms with Gasteiger partial charge in [0.05, 0.1) is 10.7 Å². The lowest BCUT2D eigenvalue weighted by molar-refractivity contribution is -0.143. The summed E-state index contributed by atoms with van der Waals surface area (Å²) >= 11 is 5.81. The zero-order valence-corrected chi connectivity index (χ0v) is 11.1. The predicted molar refractivity (Wildman–Crippen MR) is 72.2 cm³/mol. The molecule has 2 rings (SSSR count). The zero-order valence-electron chi connectivity index (χ0n) is 10.3. The second kappa shape index (κ2) is 5.48. The maximum atomic E-state index is 12.3. The molecule has 1 aromatic carbocycles. The number of benzene rings is 1. The summed E-state index contributed by atoms with van der Waals surface area (Å²) in [5, 5.41) is 9.54. The van der Waals surface area contributed by atoms with E-state index in [0.29, 0.717) is 29.2 Å². The van der Waals surface area contributed by atoms with Crippen molar-refractivity contribution in [2.45, 2.75) is 25.3 Å². The Labute approximate surface area is 116 Å². The molecule has 1 atom stereocenters. The van der Waals surface area contributed by atoms with Gasteiger partial charge in [-0.2, -0.15) is 0 Å². The number of nitrogen functional groups attached to an aromatic ring is 1. The van der Waals surface area contributed by atoms with Gasteiger partial charge >= 0.3 is 5.97 Å². The summed E-state index contributed by atoms with van der Waals surface area (Å²) in [7, 11) is 0. The first-order valence-electron chi connectivity index (χ1n) is 6.09. The molecule has 1 heterocycles. The predicted octanol–water partition coefficient (Wildman–Crippen LogP) is 2.00. The maximum Gasteiger partial charge on any atom is 0.326 e. The Morgan fingerprint density at radius 3 is 2.74 bits per heavy atom. The third kappa shape index (κ3) is 2.81. The van der Waals surface area contributed by atoms with Crippen LogP contribution in [0.1, 0.15) is 29.6 Å². The number of piperidine rings is 1. The van der Waals surface area contributed by atoms with Crippen LogP contribution in [0.4, 0.5) is 5.69 Å². The maximum absolute atomic E-state index is 12.3. The smallest absolute Gasteiger partial charge is 0.326 e. The number of likely N-dealkylation sites (tertiary alicyclic amines) is 1. The number of nitrogens with zero attached hydrogens (tertiary/aromatic N) is 1. The van der Waals surface area contributed by atoms with E-state index in [0.717, 1.165) is 12.8 Å². The van der Waals surface area contributed by atoms with E-state index >= 15 is 0 Å². The number of carbonyl (C=O) groups excluding carboxylic acids is 1. The molecule has 1 aliphatic heterocycles. The number of nitrogens with two attached hydrogens (primary N) is 1. The second-order valence-electron chi connectivity index (χ2n) is 4.58. The normalized spacial score (nSPS) is 19.2. The standard InChI is InChI=1S/C13H15ClN2O3/c14-9-5-4-8(7-10(9)15)12(17)16-6-2-1-3-11(16)13(18)19/h4-5,7,11H,1-3,6,15H2,(H,18,19). The van der Waals surface area contributed by atoms with E-state index in [2.05, 4.69) is 0 Å². The number of aliphatic carboxylic acids is 1. The molecule has 1 saturated heterocycles. The van der Waals surface area contributed by atoms with E-state index in [4.69, 9.17) is 22.4 Å². The number of carbonyl (C=O) groups is 2. The fourth-order valence-electron chi connectivity index (χ4n) is 2.27. The van der Waals surface area contributed by atoms with Gasteiger partial charge in [-0.15, -0.1) is 0 Å². The first-order chi connectivity index (χ1) is 9.00. The van der Waals surface area contributed by atoms with E-state index in [1.807, 2.05) is 0 Å². The summed E-state index contributed by atoms with van der Waals surface area (Å²) in [6, 6.07) is 3.84. The minimum Gasteiger partial charge on any atom is -0.480 e. The van der Waals surface area contributed by atoms with Gasteiger partial charge < -0.3 is 15.7 Å². The number of rotatable bonds is 2. The van der Waals surface area contributed by atoms with Gasteiger partial charge in [0.1, 0.15) is 6.04 Å². The highest BCUT2D eigenvalue weighted by Gasteiger charge is 2.32. The largest absolute Gasteiger partial charge is 0.480 e. The molecule has 1 aliphatic rings. The molecule has 102 valence electrons. The Kier molecular flexibility index (Phi) is 3.95. The second-order valence-corrected chi connectivity index (χ2v) is 4.99. The molecular formula is C13H15ClN2O3. The van der Waals surface area contributed by atoms with E-state index < -0.39 is 12.0 Å². The fourth-order valence-corrected chi connectivity index (χ4v) is 2.39. The lowest BCUT2D eigenvalue weighted by atomic mass is 10.0. The number of carboxylic acid groups (broad SMARTS) is 1. The first kappa shape index (κ1) is 13.7. The molecule has 5 nitrogen and oxygen atoms in total. The Hall–Kier alpha value is -1.75. The van der Waals surface area contributed by atoms with Crippen molar-refractivity contribution in [2.24, 2.45) is 0 Å². The first-order valence-corrected chi connectivity index (χ1v) is 6.47. The summed E-state index contributed by atoms with van der Waals surface area (Å²) in [5.41, 5.74) is 6.35. The Bertz CT molecular complexity index is 519. The van der Waals surface area contributed by atoms with Crippen molar-refractivity contribution in [1.29, 1.82) is 0 Å². The van der Waals surface area contributed by atoms with Crippen molar-refractivity contribution in [3.63, 3.8) is 0 Å². The van der Waals surface area contributed by atoms with E-state index in [-0.39, 0.29) is 5.91 Å². The van der Waals surface area contributed by atoms with E-state index in [1.165, 1.54) is 11.0 Å². The number of amides is 1. The van der Waals surface area contributed by atoms with E-state index in [9.17, 15) is 9.59 Å². The van der Waals surface area contributed by atoms with Crippen LogP contribution < -0.4 is 5.73 Å². The average molecular weight is 283 g/mol. The molecule has 0 spiro atoms. The molecule has 3 N–H and O–H groups in total. The topological polar surface area (TPSA) is 83.6 Å². The Morgan fingerprint density at radius 2 is 2.11 bits per heavy atom. The summed E-state index contributed by atoms with van der Waals surface area (Å²) in [6.45, 7) is 0.457. The van der Waals surface area contributed by atoms with Gasteiger partial charge in [0, 0.05) is 12.1 Å². The molecule has 0 bridgehead atoms. The molecular weight excluding hydrogens is 268 g/mol. The highest BCUT2D eigenvalue weighted by atomic mass is 35.5. The number of halogens is 1. The molecule has 0 saturated carbocycles. The van der Waals surface area contributed by atoms with Crippen LogP contribution in [-0.2, 0) is 4.79 Å². The van der Waals surface area contributed by atoms with Crippen molar-refractivity contribution in [3.05, 3.63) is 28.8 Å². The molecule has 0 aliphatic carbocycles. The van der Waals surface area contributed by atoms with Crippen LogP contribution in [0.2, 0.25) is 5.02 Å².